The second-order valence-corrected chi connectivity index (χ2v) is 1.37. The molecule has 1 N–H and O–H groups in total. The highest BCUT2D eigenvalue weighted by molar-refractivity contribution is 5.68. The van der Waals surface area contributed by atoms with Crippen molar-refractivity contribution in [3.63, 3.8) is 0 Å². The Balaban J connectivity index is 3.46. The van der Waals surface area contributed by atoms with Gasteiger partial charge < -0.3 is 5.41 Å². The lowest BCUT2D eigenvalue weighted by molar-refractivity contribution is 1.55. The Morgan fingerprint density at radius 1 is 1.71 bits per heavy atom. The molecule has 0 bridgehead atoms. The largest absolute Gasteiger partial charge is 0.309 e. The molecule has 1 nitrogen and oxygen atoms in total. The average molecular weight is 95.1 g/mol. The van der Waals surface area contributed by atoms with Crippen molar-refractivity contribution >= 4 is 6.21 Å². The van der Waals surface area contributed by atoms with E-state index in [1.807, 2.05) is 6.92 Å². The molecule has 0 atom stereocenters. The van der Waals surface area contributed by atoms with Gasteiger partial charge in [0, 0.05) is 6.21 Å². The first-order chi connectivity index (χ1) is 3.27. The van der Waals surface area contributed by atoms with Crippen molar-refractivity contribution in [2.75, 3.05) is 0 Å². The Labute approximate surface area is 43.9 Å². The average Bonchev–Trinajstić information content (AvgIpc) is 1.61. The lowest BCUT2D eigenvalue weighted by atomic mass is 10.3. The third-order valence-electron chi connectivity index (χ3n) is 0.477. The van der Waals surface area contributed by atoms with Gasteiger partial charge in [-0.1, -0.05) is 18.2 Å². The molecule has 0 fully saturated rings. The van der Waals surface area contributed by atoms with Gasteiger partial charge in [0.1, 0.15) is 0 Å². The molecule has 0 aromatic rings. The summed E-state index contributed by atoms with van der Waals surface area (Å²) < 4.78 is 0. The van der Waals surface area contributed by atoms with Crippen LogP contribution in [0.15, 0.2) is 24.3 Å². The van der Waals surface area contributed by atoms with Gasteiger partial charge in [0.15, 0.2) is 0 Å². The van der Waals surface area contributed by atoms with E-state index in [2.05, 4.69) is 6.58 Å². The molecule has 38 valence electrons. The molecule has 7 heavy (non-hydrogen) atoms. The molecule has 0 radical (unpaired) electrons. The summed E-state index contributed by atoms with van der Waals surface area (Å²) in [6, 6.07) is 0. The molecule has 0 saturated carbocycles. The summed E-state index contributed by atoms with van der Waals surface area (Å²) in [5.41, 5.74) is 0.975. The lowest BCUT2D eigenvalue weighted by Gasteiger charge is -1.76. The van der Waals surface area contributed by atoms with Gasteiger partial charge in [0.2, 0.25) is 0 Å². The summed E-state index contributed by atoms with van der Waals surface area (Å²) >= 11 is 0. The summed E-state index contributed by atoms with van der Waals surface area (Å²) in [5.74, 6) is 0. The van der Waals surface area contributed by atoms with Crippen molar-refractivity contribution in [3.05, 3.63) is 24.3 Å². The van der Waals surface area contributed by atoms with E-state index in [0.29, 0.717) is 0 Å². The van der Waals surface area contributed by atoms with E-state index >= 15 is 0 Å². The van der Waals surface area contributed by atoms with Gasteiger partial charge in [0.05, 0.1) is 0 Å². The van der Waals surface area contributed by atoms with Crippen molar-refractivity contribution in [1.29, 1.82) is 5.41 Å². The summed E-state index contributed by atoms with van der Waals surface area (Å²) in [7, 11) is 0. The number of allylic oxidation sites excluding steroid dienone is 3. The normalized spacial score (nSPS) is 9.29. The van der Waals surface area contributed by atoms with Crippen molar-refractivity contribution in [2.24, 2.45) is 0 Å². The minimum absolute atomic E-state index is 0.975. The quantitative estimate of drug-likeness (QED) is 0.399. The van der Waals surface area contributed by atoms with Gasteiger partial charge >= 0.3 is 0 Å². The monoisotopic (exact) mass is 95.1 g/mol. The Hall–Kier alpha value is -0.850. The van der Waals surface area contributed by atoms with E-state index in [4.69, 9.17) is 5.41 Å². The van der Waals surface area contributed by atoms with Gasteiger partial charge in [-0.25, -0.2) is 0 Å². The van der Waals surface area contributed by atoms with Gasteiger partial charge in [-0.2, -0.15) is 0 Å². The zero-order valence-electron chi connectivity index (χ0n) is 4.44. The van der Waals surface area contributed by atoms with Crippen LogP contribution in [0.4, 0.5) is 0 Å². The van der Waals surface area contributed by atoms with Crippen LogP contribution in [-0.2, 0) is 0 Å². The smallest absolute Gasteiger partial charge is 0.0177 e. The first kappa shape index (κ1) is 6.15. The molecular formula is C6H9N. The number of hydrogen-bond donors (Lipinski definition) is 1. The molecule has 0 aliphatic carbocycles. The molecule has 0 aliphatic heterocycles. The highest BCUT2D eigenvalue weighted by Gasteiger charge is 1.66. The van der Waals surface area contributed by atoms with Crippen molar-refractivity contribution < 1.29 is 0 Å². The van der Waals surface area contributed by atoms with Crippen LogP contribution in [0.3, 0.4) is 0 Å². The fourth-order valence-electron chi connectivity index (χ4n) is 0.212. The molecule has 0 aromatic heterocycles. The van der Waals surface area contributed by atoms with Crippen LogP contribution < -0.4 is 0 Å². The highest BCUT2D eigenvalue weighted by atomic mass is 14.3. The van der Waals surface area contributed by atoms with Crippen LogP contribution in [0, 0.1) is 5.41 Å². The zero-order valence-corrected chi connectivity index (χ0v) is 4.44. The molecule has 0 saturated heterocycles. The van der Waals surface area contributed by atoms with E-state index in [9.17, 15) is 0 Å². The summed E-state index contributed by atoms with van der Waals surface area (Å²) in [4.78, 5) is 0. The molecule has 0 unspecified atom stereocenters. The molecule has 0 aliphatic rings. The Morgan fingerprint density at radius 3 is 2.43 bits per heavy atom. The second-order valence-electron chi connectivity index (χ2n) is 1.37. The van der Waals surface area contributed by atoms with E-state index in [1.165, 1.54) is 6.21 Å². The van der Waals surface area contributed by atoms with E-state index in [0.717, 1.165) is 5.57 Å². The van der Waals surface area contributed by atoms with Gasteiger partial charge in [0.25, 0.3) is 0 Å². The topological polar surface area (TPSA) is 23.9 Å². The van der Waals surface area contributed by atoms with Crippen LogP contribution in [-0.4, -0.2) is 6.21 Å². The minimum atomic E-state index is 0.975. The summed E-state index contributed by atoms with van der Waals surface area (Å²) in [6.45, 7) is 5.49. The maximum atomic E-state index is 6.54. The summed E-state index contributed by atoms with van der Waals surface area (Å²) in [6.07, 6.45) is 4.66. The Morgan fingerprint density at radius 2 is 2.29 bits per heavy atom. The summed E-state index contributed by atoms with van der Waals surface area (Å²) in [5, 5.41) is 6.54. The van der Waals surface area contributed by atoms with Crippen molar-refractivity contribution in [1.82, 2.24) is 0 Å². The fourth-order valence-corrected chi connectivity index (χ4v) is 0.212. The van der Waals surface area contributed by atoms with E-state index in [1.54, 1.807) is 12.2 Å². The first-order valence-corrected chi connectivity index (χ1v) is 2.10. The van der Waals surface area contributed by atoms with E-state index in [-0.39, 0.29) is 0 Å². The van der Waals surface area contributed by atoms with Gasteiger partial charge in [-0.05, 0) is 13.0 Å². The van der Waals surface area contributed by atoms with Crippen LogP contribution >= 0.6 is 0 Å². The van der Waals surface area contributed by atoms with Crippen LogP contribution in [0.25, 0.3) is 0 Å². The zero-order chi connectivity index (χ0) is 5.70. The van der Waals surface area contributed by atoms with Crippen molar-refractivity contribution in [3.8, 4) is 0 Å². The number of nitrogens with one attached hydrogen (secondary N) is 1. The second kappa shape index (κ2) is 3.34. The standard InChI is InChI=1S/C6H9N/c1-6(2)4-3-5-7/h3-5,7H,1H2,2H3. The third kappa shape index (κ3) is 5.15. The molecule has 0 heterocycles. The van der Waals surface area contributed by atoms with Crippen LogP contribution in [0.5, 0.6) is 0 Å². The lowest BCUT2D eigenvalue weighted by Crippen LogP contribution is -1.60. The maximum Gasteiger partial charge on any atom is 0.0177 e. The number of hydrogen-bond acceptors (Lipinski definition) is 1. The molecule has 0 rings (SSSR count). The predicted molar refractivity (Wildman–Crippen MR) is 32.7 cm³/mol. The molecule has 0 aromatic carbocycles. The van der Waals surface area contributed by atoms with E-state index < -0.39 is 0 Å². The SMILES string of the molecule is C=C(C)C=CC=N. The third-order valence-corrected chi connectivity index (χ3v) is 0.477. The Bertz CT molecular complexity index is 101. The molecular weight excluding hydrogens is 86.1 g/mol. The number of rotatable bonds is 2. The van der Waals surface area contributed by atoms with Crippen LogP contribution in [0.2, 0.25) is 0 Å². The molecule has 1 heteroatoms. The highest BCUT2D eigenvalue weighted by Crippen LogP contribution is 1.84. The maximum absolute atomic E-state index is 6.54. The Kier molecular flexibility index (Phi) is 2.94. The minimum Gasteiger partial charge on any atom is -0.309 e. The molecule has 0 spiro atoms. The molecule has 0 amide bonds. The van der Waals surface area contributed by atoms with Gasteiger partial charge in [-0.15, -0.1) is 0 Å². The van der Waals surface area contributed by atoms with Crippen LogP contribution in [0.1, 0.15) is 6.92 Å². The first-order valence-electron chi connectivity index (χ1n) is 2.10. The fraction of sp³-hybridized carbons (Fsp3) is 0.167. The predicted octanol–water partition coefficient (Wildman–Crippen LogP) is 1.77. The van der Waals surface area contributed by atoms with Crippen molar-refractivity contribution in [2.45, 2.75) is 6.92 Å². The van der Waals surface area contributed by atoms with Gasteiger partial charge in [-0.3, -0.25) is 0 Å².